The number of hydrogen-bond donors (Lipinski definition) is 3. The van der Waals surface area contributed by atoms with Crippen LogP contribution in [0.4, 0.5) is 4.39 Å². The summed E-state index contributed by atoms with van der Waals surface area (Å²) >= 11 is 6.48. The lowest BCUT2D eigenvalue weighted by molar-refractivity contribution is -0.144. The number of aromatic nitrogens is 1. The summed E-state index contributed by atoms with van der Waals surface area (Å²) in [5, 5.41) is 4.51. The maximum Gasteiger partial charge on any atom is 0.312 e. The fourth-order valence-electron chi connectivity index (χ4n) is 6.02. The lowest BCUT2D eigenvalue weighted by atomic mass is 9.78. The number of likely N-dealkylation sites (tertiary alicyclic amines) is 1. The van der Waals surface area contributed by atoms with Crippen molar-refractivity contribution in [3.05, 3.63) is 70.1 Å². The van der Waals surface area contributed by atoms with E-state index in [1.165, 1.54) is 17.0 Å². The van der Waals surface area contributed by atoms with Crippen molar-refractivity contribution in [1.82, 2.24) is 20.1 Å². The number of carbonyl (C=O) groups excluding carboxylic acids is 3. The first-order valence-electron chi connectivity index (χ1n) is 12.8. The van der Waals surface area contributed by atoms with Gasteiger partial charge in [0.15, 0.2) is 0 Å². The van der Waals surface area contributed by atoms with E-state index in [9.17, 15) is 18.8 Å². The molecular formula is C28H31ClFN5O3. The molecule has 8 nitrogen and oxygen atoms in total. The third-order valence-corrected chi connectivity index (χ3v) is 8.47. The number of aromatic amines is 1. The van der Waals surface area contributed by atoms with Crippen LogP contribution in [-0.2, 0) is 9.59 Å². The highest BCUT2D eigenvalue weighted by molar-refractivity contribution is 6.34. The Morgan fingerprint density at radius 2 is 1.92 bits per heavy atom. The second-order valence-electron chi connectivity index (χ2n) is 10.4. The summed E-state index contributed by atoms with van der Waals surface area (Å²) in [5.41, 5.74) is 7.50. The van der Waals surface area contributed by atoms with Gasteiger partial charge in [-0.15, -0.1) is 0 Å². The molecule has 3 amide bonds. The van der Waals surface area contributed by atoms with Gasteiger partial charge in [0.05, 0.1) is 17.1 Å². The first-order chi connectivity index (χ1) is 18.1. The molecular weight excluding hydrogens is 509 g/mol. The number of carbonyl (C=O) groups is 3. The summed E-state index contributed by atoms with van der Waals surface area (Å²) in [6, 6.07) is 9.43. The third-order valence-electron chi connectivity index (χ3n) is 8.25. The summed E-state index contributed by atoms with van der Waals surface area (Å²) in [5.74, 6) is -2.31. The number of nitrogens with two attached hydrogens (primary N) is 1. The molecule has 2 aliphatic heterocycles. The number of piperazine rings is 1. The average molecular weight is 540 g/mol. The Labute approximate surface area is 225 Å². The first kappa shape index (κ1) is 26.2. The van der Waals surface area contributed by atoms with Gasteiger partial charge in [-0.2, -0.15) is 0 Å². The van der Waals surface area contributed by atoms with Gasteiger partial charge in [0, 0.05) is 59.8 Å². The summed E-state index contributed by atoms with van der Waals surface area (Å²) in [6.07, 6.45) is 3.15. The molecule has 3 aromatic rings. The van der Waals surface area contributed by atoms with Gasteiger partial charge in [-0.05, 0) is 49.6 Å². The molecule has 2 aromatic carbocycles. The number of primary amides is 1. The van der Waals surface area contributed by atoms with E-state index >= 15 is 0 Å². The zero-order valence-electron chi connectivity index (χ0n) is 21.4. The van der Waals surface area contributed by atoms with Gasteiger partial charge < -0.3 is 25.8 Å². The number of nitrogens with one attached hydrogen (secondary N) is 2. The minimum absolute atomic E-state index is 0.0984. The number of halogens is 2. The third kappa shape index (κ3) is 4.43. The lowest BCUT2D eigenvalue weighted by Gasteiger charge is -2.49. The van der Waals surface area contributed by atoms with Gasteiger partial charge >= 0.3 is 11.8 Å². The monoisotopic (exact) mass is 539 g/mol. The number of H-pyrrole nitrogens is 1. The van der Waals surface area contributed by atoms with Crippen molar-refractivity contribution in [3.63, 3.8) is 0 Å². The fourth-order valence-corrected chi connectivity index (χ4v) is 6.24. The number of fused-ring (bicyclic) bond motifs is 1. The summed E-state index contributed by atoms with van der Waals surface area (Å²) < 4.78 is 13.6. The number of hydrogen-bond acceptors (Lipinski definition) is 4. The molecule has 3 atom stereocenters. The zero-order valence-corrected chi connectivity index (χ0v) is 22.1. The van der Waals surface area contributed by atoms with Crippen LogP contribution in [0.3, 0.4) is 0 Å². The van der Waals surface area contributed by atoms with Crippen LogP contribution >= 0.6 is 11.6 Å². The Morgan fingerprint density at radius 3 is 2.63 bits per heavy atom. The highest BCUT2D eigenvalue weighted by Crippen LogP contribution is 2.41. The SMILES string of the molecule is CC(c1ccc(F)cc1)[C@]1(C)CNCCN1C(=O)c1cc(Cl)cc2[nH]cc(C3CCCN3C(=O)C(N)=O)c12. The van der Waals surface area contributed by atoms with Gasteiger partial charge in [0.2, 0.25) is 0 Å². The van der Waals surface area contributed by atoms with E-state index < -0.39 is 17.4 Å². The molecule has 4 N–H and O–H groups in total. The number of rotatable bonds is 4. The Balaban J connectivity index is 1.58. The molecule has 2 aliphatic rings. The van der Waals surface area contributed by atoms with Crippen LogP contribution in [0.15, 0.2) is 42.6 Å². The van der Waals surface area contributed by atoms with E-state index in [0.717, 1.165) is 17.5 Å². The topological polar surface area (TPSA) is 112 Å². The van der Waals surface area contributed by atoms with Gasteiger partial charge in [-0.3, -0.25) is 14.4 Å². The number of amides is 3. The normalized spacial score (nSPS) is 22.6. The van der Waals surface area contributed by atoms with Crippen molar-refractivity contribution >= 4 is 40.2 Å². The van der Waals surface area contributed by atoms with Crippen molar-refractivity contribution in [2.75, 3.05) is 26.2 Å². The second-order valence-corrected chi connectivity index (χ2v) is 10.8. The van der Waals surface area contributed by atoms with Crippen LogP contribution in [-0.4, -0.2) is 64.2 Å². The molecule has 200 valence electrons. The molecule has 5 rings (SSSR count). The molecule has 2 saturated heterocycles. The van der Waals surface area contributed by atoms with Gasteiger partial charge in [-0.1, -0.05) is 30.7 Å². The minimum Gasteiger partial charge on any atom is -0.361 e. The summed E-state index contributed by atoms with van der Waals surface area (Å²) in [6.45, 7) is 6.16. The molecule has 3 heterocycles. The van der Waals surface area contributed by atoms with Gasteiger partial charge in [0.25, 0.3) is 5.91 Å². The van der Waals surface area contributed by atoms with Gasteiger partial charge in [0.1, 0.15) is 5.82 Å². The van der Waals surface area contributed by atoms with Crippen LogP contribution in [0.5, 0.6) is 0 Å². The smallest absolute Gasteiger partial charge is 0.312 e. The van der Waals surface area contributed by atoms with Crippen molar-refractivity contribution in [1.29, 1.82) is 0 Å². The van der Waals surface area contributed by atoms with Crippen molar-refractivity contribution < 1.29 is 18.8 Å². The Kier molecular flexibility index (Phi) is 6.92. The van der Waals surface area contributed by atoms with E-state index in [1.807, 2.05) is 18.7 Å². The number of benzene rings is 2. The van der Waals surface area contributed by atoms with E-state index in [4.69, 9.17) is 17.3 Å². The fraction of sp³-hybridized carbons (Fsp3) is 0.393. The van der Waals surface area contributed by atoms with Crippen molar-refractivity contribution in [2.24, 2.45) is 5.73 Å². The minimum atomic E-state index is -0.998. The molecule has 10 heteroatoms. The largest absolute Gasteiger partial charge is 0.361 e. The van der Waals surface area contributed by atoms with E-state index in [2.05, 4.69) is 10.3 Å². The summed E-state index contributed by atoms with van der Waals surface area (Å²) in [4.78, 5) is 45.2. The van der Waals surface area contributed by atoms with Gasteiger partial charge in [-0.25, -0.2) is 4.39 Å². The van der Waals surface area contributed by atoms with Crippen LogP contribution < -0.4 is 11.1 Å². The Morgan fingerprint density at radius 1 is 1.18 bits per heavy atom. The zero-order chi connectivity index (χ0) is 27.2. The number of nitrogens with zero attached hydrogens (tertiary/aromatic N) is 2. The molecule has 2 unspecified atom stereocenters. The molecule has 0 spiro atoms. The molecule has 2 fully saturated rings. The maximum absolute atomic E-state index is 14.4. The van der Waals surface area contributed by atoms with E-state index in [-0.39, 0.29) is 23.7 Å². The van der Waals surface area contributed by atoms with Crippen molar-refractivity contribution in [3.8, 4) is 0 Å². The molecule has 38 heavy (non-hydrogen) atoms. The molecule has 0 radical (unpaired) electrons. The molecule has 0 bridgehead atoms. The van der Waals surface area contributed by atoms with E-state index in [0.29, 0.717) is 54.1 Å². The second kappa shape index (κ2) is 10.0. The Bertz CT molecular complexity index is 1410. The predicted molar refractivity (Wildman–Crippen MR) is 143 cm³/mol. The van der Waals surface area contributed by atoms with Crippen LogP contribution in [0, 0.1) is 5.82 Å². The van der Waals surface area contributed by atoms with Crippen LogP contribution in [0.25, 0.3) is 10.9 Å². The average Bonchev–Trinajstić information content (AvgIpc) is 3.54. The van der Waals surface area contributed by atoms with Crippen molar-refractivity contribution in [2.45, 2.75) is 44.2 Å². The maximum atomic E-state index is 14.4. The molecule has 0 saturated carbocycles. The van der Waals surface area contributed by atoms with E-state index in [1.54, 1.807) is 30.5 Å². The van der Waals surface area contributed by atoms with Crippen LogP contribution in [0.2, 0.25) is 5.02 Å². The standard InChI is InChI=1S/C28H31ClFN5O3/c1-16(17-5-7-19(30)8-6-17)28(2)15-32-9-11-35(28)26(37)20-12-18(29)13-22-24(20)21(14-33-22)23-4-3-10-34(23)27(38)25(31)36/h5-8,12-14,16,23,32-33H,3-4,9-11,15H2,1-2H3,(H2,31,36)/t16?,23?,28-/m0/s1. The molecule has 0 aliphatic carbocycles. The Hall–Kier alpha value is -3.43. The summed E-state index contributed by atoms with van der Waals surface area (Å²) in [7, 11) is 0. The predicted octanol–water partition coefficient (Wildman–Crippen LogP) is 3.72. The molecule has 1 aromatic heterocycles. The highest BCUT2D eigenvalue weighted by Gasteiger charge is 2.44. The highest BCUT2D eigenvalue weighted by atomic mass is 35.5. The van der Waals surface area contributed by atoms with Crippen LogP contribution in [0.1, 0.15) is 60.1 Å². The first-order valence-corrected chi connectivity index (χ1v) is 13.2. The lowest BCUT2D eigenvalue weighted by Crippen LogP contribution is -2.63. The quantitative estimate of drug-likeness (QED) is 0.439.